The van der Waals surface area contributed by atoms with Crippen LogP contribution in [0.2, 0.25) is 0 Å². The largest absolute Gasteiger partial charge is 0.480 e. The number of nitrogens with two attached hydrogens (primary N) is 2. The van der Waals surface area contributed by atoms with Gasteiger partial charge in [-0.05, 0) is 19.4 Å². The van der Waals surface area contributed by atoms with Crippen molar-refractivity contribution >= 4 is 13.2 Å². The summed E-state index contributed by atoms with van der Waals surface area (Å²) in [5.41, 5.74) is 10.4. The summed E-state index contributed by atoms with van der Waals surface area (Å²) in [6, 6.07) is -0.716. The monoisotopic (exact) mass is 253 g/mol. The van der Waals surface area contributed by atoms with Crippen LogP contribution < -0.4 is 11.5 Å². The standard InChI is InChI=1S/C6H14N2O2.C4H12OP/c7-4-2-1-3-5(8)6(9)10;1-6(2,3)4-5/h5H,1-4,7-8H2,(H,9,10);5H,4H2,1-3H3/q;+1. The molecule has 0 aromatic heterocycles. The van der Waals surface area contributed by atoms with Crippen molar-refractivity contribution in [3.05, 3.63) is 0 Å². The number of aliphatic hydroxyl groups is 1. The summed E-state index contributed by atoms with van der Waals surface area (Å²) in [5.74, 6) is -0.933. The van der Waals surface area contributed by atoms with Gasteiger partial charge in [-0.15, -0.1) is 0 Å². The van der Waals surface area contributed by atoms with E-state index < -0.39 is 19.3 Å². The molecule has 0 saturated carbocycles. The zero-order valence-electron chi connectivity index (χ0n) is 10.5. The van der Waals surface area contributed by atoms with Crippen molar-refractivity contribution in [1.29, 1.82) is 0 Å². The Morgan fingerprint density at radius 3 is 2.00 bits per heavy atom. The third-order valence-corrected chi connectivity index (χ3v) is 2.56. The minimum atomic E-state index is -0.933. The fourth-order valence-corrected chi connectivity index (χ4v) is 0.632. The van der Waals surface area contributed by atoms with Gasteiger partial charge in [-0.1, -0.05) is 6.42 Å². The molecule has 98 valence electrons. The molecule has 0 radical (unpaired) electrons. The summed E-state index contributed by atoms with van der Waals surface area (Å²) in [6.45, 7) is 6.92. The van der Waals surface area contributed by atoms with E-state index in [2.05, 4.69) is 20.0 Å². The molecule has 0 fully saturated rings. The molecule has 0 aromatic rings. The van der Waals surface area contributed by atoms with Gasteiger partial charge in [-0.25, -0.2) is 0 Å². The van der Waals surface area contributed by atoms with Crippen LogP contribution in [0.25, 0.3) is 0 Å². The first kappa shape index (κ1) is 18.2. The molecule has 0 spiro atoms. The number of carboxylic acid groups (broad SMARTS) is 1. The highest BCUT2D eigenvalue weighted by Crippen LogP contribution is 2.44. The molecule has 0 aliphatic heterocycles. The van der Waals surface area contributed by atoms with E-state index in [9.17, 15) is 4.79 Å². The number of unbranched alkanes of at least 4 members (excludes halogenated alkanes) is 1. The van der Waals surface area contributed by atoms with E-state index in [0.717, 1.165) is 12.8 Å². The van der Waals surface area contributed by atoms with Crippen LogP contribution in [0, 0.1) is 0 Å². The molecule has 0 saturated heterocycles. The third kappa shape index (κ3) is 16.2. The van der Waals surface area contributed by atoms with Gasteiger partial charge < -0.3 is 21.7 Å². The summed E-state index contributed by atoms with van der Waals surface area (Å²) in [7, 11) is -0.841. The molecule has 6 heteroatoms. The molecule has 16 heavy (non-hydrogen) atoms. The number of carboxylic acids is 1. The molecule has 0 bridgehead atoms. The zero-order valence-corrected chi connectivity index (χ0v) is 11.4. The van der Waals surface area contributed by atoms with Crippen LogP contribution in [-0.2, 0) is 4.79 Å². The van der Waals surface area contributed by atoms with Gasteiger partial charge in [0.05, 0.1) is 20.0 Å². The molecule has 6 N–H and O–H groups in total. The van der Waals surface area contributed by atoms with Crippen molar-refractivity contribution in [3.63, 3.8) is 0 Å². The highest BCUT2D eigenvalue weighted by Gasteiger charge is 2.12. The molecular formula is C10H26N2O3P+. The maximum absolute atomic E-state index is 10.1. The summed E-state index contributed by atoms with van der Waals surface area (Å²) >= 11 is 0. The van der Waals surface area contributed by atoms with Gasteiger partial charge in [-0.3, -0.25) is 4.79 Å². The Labute approximate surface area is 98.5 Å². The molecule has 5 nitrogen and oxygen atoms in total. The van der Waals surface area contributed by atoms with Crippen LogP contribution in [0.5, 0.6) is 0 Å². The maximum atomic E-state index is 10.1. The van der Waals surface area contributed by atoms with E-state index in [0.29, 0.717) is 19.3 Å². The van der Waals surface area contributed by atoms with E-state index in [4.69, 9.17) is 21.7 Å². The summed E-state index contributed by atoms with van der Waals surface area (Å²) < 4.78 is 0. The van der Waals surface area contributed by atoms with Crippen LogP contribution in [0.15, 0.2) is 0 Å². The van der Waals surface area contributed by atoms with E-state index in [1.807, 2.05) is 0 Å². The Hall–Kier alpha value is -0.220. The zero-order chi connectivity index (χ0) is 13.2. The van der Waals surface area contributed by atoms with Gasteiger partial charge in [0.15, 0.2) is 6.35 Å². The Morgan fingerprint density at radius 2 is 1.75 bits per heavy atom. The summed E-state index contributed by atoms with van der Waals surface area (Å²) in [4.78, 5) is 10.1. The second kappa shape index (κ2) is 9.97. The molecular weight excluding hydrogens is 227 g/mol. The van der Waals surface area contributed by atoms with Crippen LogP contribution in [-0.4, -0.2) is 55.1 Å². The van der Waals surface area contributed by atoms with Crippen molar-refractivity contribution in [2.24, 2.45) is 11.5 Å². The van der Waals surface area contributed by atoms with Crippen LogP contribution in [0.1, 0.15) is 19.3 Å². The predicted molar refractivity (Wildman–Crippen MR) is 70.3 cm³/mol. The number of aliphatic hydroxyl groups excluding tert-OH is 1. The molecule has 0 amide bonds. The molecule has 0 heterocycles. The first-order chi connectivity index (χ1) is 7.24. The lowest BCUT2D eigenvalue weighted by Gasteiger charge is -2.03. The van der Waals surface area contributed by atoms with Crippen molar-refractivity contribution in [2.45, 2.75) is 25.3 Å². The lowest BCUT2D eigenvalue weighted by molar-refractivity contribution is -0.138. The molecule has 1 unspecified atom stereocenters. The predicted octanol–water partition coefficient (Wildman–Crippen LogP) is 0.371. The molecule has 0 aromatic carbocycles. The summed E-state index contributed by atoms with van der Waals surface area (Å²) in [5, 5.41) is 16.8. The average Bonchev–Trinajstić information content (AvgIpc) is 2.17. The Balaban J connectivity index is 0. The Bertz CT molecular complexity index is 183. The quantitative estimate of drug-likeness (QED) is 0.404. The highest BCUT2D eigenvalue weighted by molar-refractivity contribution is 7.73. The Morgan fingerprint density at radius 1 is 1.31 bits per heavy atom. The van der Waals surface area contributed by atoms with E-state index >= 15 is 0 Å². The number of hydrogen-bond donors (Lipinski definition) is 4. The van der Waals surface area contributed by atoms with Crippen LogP contribution >= 0.6 is 7.26 Å². The highest BCUT2D eigenvalue weighted by atomic mass is 31.2. The van der Waals surface area contributed by atoms with Gasteiger partial charge in [0.2, 0.25) is 0 Å². The SMILES string of the molecule is C[P+](C)(C)CO.NCCCCC(N)C(=O)O. The van der Waals surface area contributed by atoms with Crippen molar-refractivity contribution in [3.8, 4) is 0 Å². The van der Waals surface area contributed by atoms with Crippen LogP contribution in [0.3, 0.4) is 0 Å². The number of carbonyl (C=O) groups is 1. The van der Waals surface area contributed by atoms with Gasteiger partial charge in [0.25, 0.3) is 0 Å². The average molecular weight is 253 g/mol. The summed E-state index contributed by atoms with van der Waals surface area (Å²) in [6.07, 6.45) is 2.55. The maximum Gasteiger partial charge on any atom is 0.320 e. The lowest BCUT2D eigenvalue weighted by Crippen LogP contribution is -2.29. The first-order valence-corrected chi connectivity index (χ1v) is 8.66. The molecule has 0 aliphatic rings. The second-order valence-corrected chi connectivity index (χ2v) is 9.52. The number of hydrogen-bond acceptors (Lipinski definition) is 4. The minimum Gasteiger partial charge on any atom is -0.480 e. The second-order valence-electron chi connectivity index (χ2n) is 4.66. The van der Waals surface area contributed by atoms with Gasteiger partial charge >= 0.3 is 5.97 Å². The minimum absolute atomic E-state index is 0.382. The Kier molecular flexibility index (Phi) is 11.3. The van der Waals surface area contributed by atoms with E-state index in [1.54, 1.807) is 0 Å². The topological polar surface area (TPSA) is 110 Å². The smallest absolute Gasteiger partial charge is 0.320 e. The molecule has 0 rings (SSSR count). The third-order valence-electron chi connectivity index (χ3n) is 1.71. The fraction of sp³-hybridized carbons (Fsp3) is 0.900. The van der Waals surface area contributed by atoms with Crippen molar-refractivity contribution in [1.82, 2.24) is 0 Å². The lowest BCUT2D eigenvalue weighted by atomic mass is 10.1. The van der Waals surface area contributed by atoms with Gasteiger partial charge in [-0.2, -0.15) is 0 Å². The van der Waals surface area contributed by atoms with Crippen molar-refractivity contribution < 1.29 is 15.0 Å². The van der Waals surface area contributed by atoms with E-state index in [-0.39, 0.29) is 0 Å². The van der Waals surface area contributed by atoms with Crippen LogP contribution in [0.4, 0.5) is 0 Å². The first-order valence-electron chi connectivity index (χ1n) is 5.34. The normalized spacial score (nSPS) is 12.6. The molecule has 0 aliphatic carbocycles. The van der Waals surface area contributed by atoms with Gasteiger partial charge in [0.1, 0.15) is 6.04 Å². The fourth-order valence-electron chi connectivity index (χ4n) is 0.632. The number of rotatable bonds is 6. The molecule has 1 atom stereocenters. The van der Waals surface area contributed by atoms with E-state index in [1.165, 1.54) is 0 Å². The number of aliphatic carboxylic acids is 1. The van der Waals surface area contributed by atoms with Gasteiger partial charge in [0, 0.05) is 7.26 Å². The van der Waals surface area contributed by atoms with Crippen molar-refractivity contribution in [2.75, 3.05) is 32.9 Å².